The monoisotopic (exact) mass is 411 g/mol. The zero-order valence-corrected chi connectivity index (χ0v) is 18.4. The van der Waals surface area contributed by atoms with E-state index in [1.54, 1.807) is 0 Å². The number of fused-ring (bicyclic) bond motifs is 1. The second-order valence-electron chi connectivity index (χ2n) is 9.13. The molecule has 4 heterocycles. The summed E-state index contributed by atoms with van der Waals surface area (Å²) in [4.78, 5) is 34.1. The fourth-order valence-electron chi connectivity index (χ4n) is 5.08. The third kappa shape index (κ3) is 4.08. The molecule has 30 heavy (non-hydrogen) atoms. The Bertz CT molecular complexity index is 937. The summed E-state index contributed by atoms with van der Waals surface area (Å²) in [5.74, 6) is 0.0691. The lowest BCUT2D eigenvalue weighted by Gasteiger charge is -2.38. The molecule has 2 fully saturated rings. The molecule has 0 aliphatic carbocycles. The Morgan fingerprint density at radius 3 is 2.83 bits per heavy atom. The van der Waals surface area contributed by atoms with Crippen LogP contribution in [0.25, 0.3) is 5.65 Å². The molecule has 0 saturated carbocycles. The lowest BCUT2D eigenvalue weighted by Crippen LogP contribution is -2.51. The van der Waals surface area contributed by atoms with Crippen molar-refractivity contribution < 1.29 is 9.59 Å². The van der Waals surface area contributed by atoms with Crippen molar-refractivity contribution in [1.29, 1.82) is 0 Å². The molecule has 7 heteroatoms. The van der Waals surface area contributed by atoms with E-state index < -0.39 is 0 Å². The molecule has 2 aliphatic heterocycles. The zero-order chi connectivity index (χ0) is 21.3. The number of hydrogen-bond donors (Lipinski definition) is 1. The van der Waals surface area contributed by atoms with E-state index in [2.05, 4.69) is 27.7 Å². The summed E-state index contributed by atoms with van der Waals surface area (Å²) in [5, 5.41) is 2.93. The summed E-state index contributed by atoms with van der Waals surface area (Å²) in [6.45, 7) is 8.94. The van der Waals surface area contributed by atoms with Crippen molar-refractivity contribution in [2.24, 2.45) is 0 Å². The van der Waals surface area contributed by atoms with Crippen molar-refractivity contribution >= 4 is 17.5 Å². The van der Waals surface area contributed by atoms with Crippen LogP contribution in [-0.4, -0.2) is 62.2 Å². The summed E-state index contributed by atoms with van der Waals surface area (Å²) in [5.41, 5.74) is 3.12. The second kappa shape index (κ2) is 8.38. The van der Waals surface area contributed by atoms with Gasteiger partial charge in [-0.1, -0.05) is 6.07 Å². The number of carbonyl (C=O) groups excluding carboxylic acids is 2. The SMILES string of the molecule is Cc1c(CN2CCC[C@]3(CCC(=O)N3CC(=O)NC(C)C)CC2)nc2ccccn12. The predicted molar refractivity (Wildman–Crippen MR) is 116 cm³/mol. The number of nitrogens with zero attached hydrogens (tertiary/aromatic N) is 4. The van der Waals surface area contributed by atoms with Crippen molar-refractivity contribution in [3.8, 4) is 0 Å². The van der Waals surface area contributed by atoms with E-state index in [4.69, 9.17) is 4.98 Å². The minimum absolute atomic E-state index is 0.0546. The Morgan fingerprint density at radius 1 is 1.23 bits per heavy atom. The number of carbonyl (C=O) groups is 2. The van der Waals surface area contributed by atoms with E-state index in [1.807, 2.05) is 36.9 Å². The Balaban J connectivity index is 1.45. The first-order valence-electron chi connectivity index (χ1n) is 11.1. The molecule has 2 saturated heterocycles. The van der Waals surface area contributed by atoms with Gasteiger partial charge in [-0.25, -0.2) is 4.98 Å². The third-order valence-corrected chi connectivity index (χ3v) is 6.68. The molecule has 2 aliphatic rings. The molecule has 0 bridgehead atoms. The van der Waals surface area contributed by atoms with Crippen molar-refractivity contribution in [3.05, 3.63) is 35.8 Å². The molecular formula is C23H33N5O2. The molecule has 162 valence electrons. The first kappa shape index (κ1) is 20.8. The van der Waals surface area contributed by atoms with Gasteiger partial charge < -0.3 is 14.6 Å². The van der Waals surface area contributed by atoms with Gasteiger partial charge in [-0.05, 0) is 65.1 Å². The van der Waals surface area contributed by atoms with Gasteiger partial charge in [-0.2, -0.15) is 0 Å². The van der Waals surface area contributed by atoms with Gasteiger partial charge in [0, 0.05) is 43.0 Å². The first-order valence-corrected chi connectivity index (χ1v) is 11.1. The highest BCUT2D eigenvalue weighted by molar-refractivity contribution is 5.87. The average Bonchev–Trinajstić information content (AvgIpc) is 3.08. The molecule has 0 unspecified atom stereocenters. The van der Waals surface area contributed by atoms with Crippen LogP contribution in [0.1, 0.15) is 57.3 Å². The lowest BCUT2D eigenvalue weighted by atomic mass is 9.87. The van der Waals surface area contributed by atoms with Crippen LogP contribution in [0.3, 0.4) is 0 Å². The van der Waals surface area contributed by atoms with Gasteiger partial charge in [0.05, 0.1) is 5.69 Å². The maximum absolute atomic E-state index is 12.6. The summed E-state index contributed by atoms with van der Waals surface area (Å²) in [7, 11) is 0. The summed E-state index contributed by atoms with van der Waals surface area (Å²) < 4.78 is 2.14. The van der Waals surface area contributed by atoms with Crippen molar-refractivity contribution in [2.75, 3.05) is 19.6 Å². The molecule has 0 aromatic carbocycles. The minimum atomic E-state index is -0.173. The zero-order valence-electron chi connectivity index (χ0n) is 18.4. The van der Waals surface area contributed by atoms with Crippen LogP contribution in [0.5, 0.6) is 0 Å². The van der Waals surface area contributed by atoms with Gasteiger partial charge in [0.15, 0.2) is 0 Å². The molecule has 2 aromatic rings. The van der Waals surface area contributed by atoms with Crippen LogP contribution < -0.4 is 5.32 Å². The summed E-state index contributed by atoms with van der Waals surface area (Å²) in [6, 6.07) is 6.17. The van der Waals surface area contributed by atoms with E-state index in [0.717, 1.165) is 56.7 Å². The maximum Gasteiger partial charge on any atom is 0.239 e. The van der Waals surface area contributed by atoms with Gasteiger partial charge >= 0.3 is 0 Å². The number of imidazole rings is 1. The van der Waals surface area contributed by atoms with E-state index >= 15 is 0 Å². The lowest BCUT2D eigenvalue weighted by molar-refractivity contribution is -0.137. The number of amides is 2. The smallest absolute Gasteiger partial charge is 0.239 e. The van der Waals surface area contributed by atoms with E-state index in [9.17, 15) is 9.59 Å². The Kier molecular flexibility index (Phi) is 5.82. The Labute approximate surface area is 178 Å². The van der Waals surface area contributed by atoms with Crippen LogP contribution in [0.4, 0.5) is 0 Å². The Morgan fingerprint density at radius 2 is 2.07 bits per heavy atom. The van der Waals surface area contributed by atoms with Gasteiger partial charge in [0.2, 0.25) is 11.8 Å². The van der Waals surface area contributed by atoms with Gasteiger partial charge in [0.1, 0.15) is 12.2 Å². The van der Waals surface area contributed by atoms with Gasteiger partial charge in [-0.15, -0.1) is 0 Å². The van der Waals surface area contributed by atoms with Crippen molar-refractivity contribution in [3.63, 3.8) is 0 Å². The van der Waals surface area contributed by atoms with Crippen LogP contribution in [-0.2, 0) is 16.1 Å². The van der Waals surface area contributed by atoms with Crippen LogP contribution >= 0.6 is 0 Å². The fraction of sp³-hybridized carbons (Fsp3) is 0.609. The molecule has 2 amide bonds. The number of likely N-dealkylation sites (tertiary alicyclic amines) is 2. The van der Waals surface area contributed by atoms with Gasteiger partial charge in [-0.3, -0.25) is 14.5 Å². The maximum atomic E-state index is 12.6. The molecule has 1 spiro atoms. The van der Waals surface area contributed by atoms with Gasteiger partial charge in [0.25, 0.3) is 0 Å². The highest BCUT2D eigenvalue weighted by Gasteiger charge is 2.46. The fourth-order valence-corrected chi connectivity index (χ4v) is 5.08. The van der Waals surface area contributed by atoms with Crippen LogP contribution in [0, 0.1) is 6.92 Å². The number of hydrogen-bond acceptors (Lipinski definition) is 4. The molecule has 2 aromatic heterocycles. The normalized spacial score (nSPS) is 22.9. The number of nitrogens with one attached hydrogen (secondary N) is 1. The number of pyridine rings is 1. The molecule has 4 rings (SSSR count). The first-order chi connectivity index (χ1) is 14.4. The Hall–Kier alpha value is -2.41. The standard InChI is InChI=1S/C23H33N5O2/c1-17(2)24-21(29)16-28-22(30)8-10-23(28)9-6-12-26(14-11-23)15-19-18(3)27-13-5-4-7-20(27)25-19/h4-5,7,13,17H,6,8-12,14-16H2,1-3H3,(H,24,29)/t23-/m0/s1. The minimum Gasteiger partial charge on any atom is -0.352 e. The van der Waals surface area contributed by atoms with E-state index in [-0.39, 0.29) is 29.9 Å². The highest BCUT2D eigenvalue weighted by atomic mass is 16.2. The van der Waals surface area contributed by atoms with Crippen molar-refractivity contribution in [2.45, 2.75) is 71.0 Å². The summed E-state index contributed by atoms with van der Waals surface area (Å²) >= 11 is 0. The predicted octanol–water partition coefficient (Wildman–Crippen LogP) is 2.51. The number of rotatable bonds is 5. The van der Waals surface area contributed by atoms with Crippen molar-refractivity contribution in [1.82, 2.24) is 24.5 Å². The van der Waals surface area contributed by atoms with Crippen LogP contribution in [0.15, 0.2) is 24.4 Å². The van der Waals surface area contributed by atoms with E-state index in [0.29, 0.717) is 6.42 Å². The average molecular weight is 412 g/mol. The molecule has 1 atom stereocenters. The molecular weight excluding hydrogens is 378 g/mol. The topological polar surface area (TPSA) is 70.0 Å². The molecule has 1 N–H and O–H groups in total. The third-order valence-electron chi connectivity index (χ3n) is 6.68. The quantitative estimate of drug-likeness (QED) is 0.821. The highest BCUT2D eigenvalue weighted by Crippen LogP contribution is 2.39. The number of aryl methyl sites for hydroxylation is 1. The van der Waals surface area contributed by atoms with E-state index in [1.165, 1.54) is 5.69 Å². The number of aromatic nitrogens is 2. The second-order valence-corrected chi connectivity index (χ2v) is 9.13. The largest absolute Gasteiger partial charge is 0.352 e. The van der Waals surface area contributed by atoms with Crippen LogP contribution in [0.2, 0.25) is 0 Å². The molecule has 0 radical (unpaired) electrons. The summed E-state index contributed by atoms with van der Waals surface area (Å²) in [6.07, 6.45) is 6.39. The molecule has 7 nitrogen and oxygen atoms in total.